The number of hydrogen-bond donors (Lipinski definition) is 2. The van der Waals surface area contributed by atoms with Crippen LogP contribution in [-0.4, -0.2) is 47.0 Å². The number of benzene rings is 2. The average molecular weight is 510 g/mol. The minimum atomic E-state index is -3.32. The summed E-state index contributed by atoms with van der Waals surface area (Å²) in [4.78, 5) is 2.43. The van der Waals surface area contributed by atoms with Gasteiger partial charge in [0.1, 0.15) is 5.75 Å². The molecule has 2 aromatic rings. The van der Waals surface area contributed by atoms with Gasteiger partial charge >= 0.3 is 0 Å². The number of piperidine rings is 1. The van der Waals surface area contributed by atoms with Gasteiger partial charge in [-0.3, -0.25) is 0 Å². The molecule has 2 N–H and O–H groups in total. The van der Waals surface area contributed by atoms with Crippen molar-refractivity contribution in [3.63, 3.8) is 0 Å². The summed E-state index contributed by atoms with van der Waals surface area (Å²) in [6.45, 7) is 5.50. The quantitative estimate of drug-likeness (QED) is 0.434. The van der Waals surface area contributed by atoms with E-state index < -0.39 is 10.0 Å². The summed E-state index contributed by atoms with van der Waals surface area (Å²) in [5.74, 6) is 0.908. The van der Waals surface area contributed by atoms with Gasteiger partial charge in [-0.1, -0.05) is 22.0 Å². The fourth-order valence-electron chi connectivity index (χ4n) is 3.69. The highest BCUT2D eigenvalue weighted by atomic mass is 79.9. The molecule has 0 unspecified atom stereocenters. The SMILES string of the molecule is Cc1c(OCCCNS(=O)(=O)CCNc2ccc(Br)cc2)cccc1N1CCCCC1. The van der Waals surface area contributed by atoms with Crippen LogP contribution < -0.4 is 19.7 Å². The van der Waals surface area contributed by atoms with E-state index in [1.165, 1.54) is 24.9 Å². The summed E-state index contributed by atoms with van der Waals surface area (Å²) >= 11 is 3.38. The van der Waals surface area contributed by atoms with Gasteiger partial charge < -0.3 is 15.0 Å². The Kier molecular flexibility index (Phi) is 9.04. The number of nitrogens with zero attached hydrogens (tertiary/aromatic N) is 1. The molecule has 0 saturated carbocycles. The molecule has 1 heterocycles. The van der Waals surface area contributed by atoms with E-state index in [4.69, 9.17) is 4.74 Å². The van der Waals surface area contributed by atoms with Gasteiger partial charge in [0.25, 0.3) is 0 Å². The molecule has 0 amide bonds. The molecule has 0 aliphatic carbocycles. The van der Waals surface area contributed by atoms with E-state index in [9.17, 15) is 8.42 Å². The summed E-state index contributed by atoms with van der Waals surface area (Å²) in [5, 5.41) is 3.12. The minimum absolute atomic E-state index is 0.0287. The van der Waals surface area contributed by atoms with Crippen LogP contribution in [0.2, 0.25) is 0 Å². The molecule has 0 spiro atoms. The lowest BCUT2D eigenvalue weighted by molar-refractivity contribution is 0.309. The van der Waals surface area contributed by atoms with E-state index in [0.29, 0.717) is 26.1 Å². The van der Waals surface area contributed by atoms with Crippen LogP contribution in [0.15, 0.2) is 46.9 Å². The standard InChI is InChI=1S/C23H32BrN3O3S/c1-19-22(27-15-3-2-4-16-27)7-5-8-23(19)30-17-6-13-26-31(28,29)18-14-25-21-11-9-20(24)10-12-21/h5,7-12,25-26H,2-4,6,13-18H2,1H3. The van der Waals surface area contributed by atoms with E-state index in [-0.39, 0.29) is 5.75 Å². The maximum atomic E-state index is 12.2. The number of nitrogens with one attached hydrogen (secondary N) is 2. The first-order valence-electron chi connectivity index (χ1n) is 10.9. The third kappa shape index (κ3) is 7.70. The van der Waals surface area contributed by atoms with Crippen molar-refractivity contribution >= 4 is 37.3 Å². The molecule has 1 aliphatic heterocycles. The van der Waals surface area contributed by atoms with Crippen LogP contribution in [0.3, 0.4) is 0 Å². The second-order valence-electron chi connectivity index (χ2n) is 7.80. The third-order valence-corrected chi connectivity index (χ3v) is 7.31. The van der Waals surface area contributed by atoms with Crippen molar-refractivity contribution in [1.82, 2.24) is 4.72 Å². The van der Waals surface area contributed by atoms with Crippen LogP contribution in [-0.2, 0) is 10.0 Å². The fourth-order valence-corrected chi connectivity index (χ4v) is 4.92. The maximum absolute atomic E-state index is 12.2. The summed E-state index contributed by atoms with van der Waals surface area (Å²) in [7, 11) is -3.32. The Morgan fingerprint density at radius 1 is 1.03 bits per heavy atom. The maximum Gasteiger partial charge on any atom is 0.213 e. The normalized spacial score (nSPS) is 14.5. The third-order valence-electron chi connectivity index (χ3n) is 5.40. The Morgan fingerprint density at radius 2 is 1.77 bits per heavy atom. The van der Waals surface area contributed by atoms with Crippen molar-refractivity contribution in [3.05, 3.63) is 52.5 Å². The lowest BCUT2D eigenvalue weighted by Gasteiger charge is -2.30. The van der Waals surface area contributed by atoms with Crippen molar-refractivity contribution in [1.29, 1.82) is 0 Å². The summed E-state index contributed by atoms with van der Waals surface area (Å²) in [5.41, 5.74) is 3.30. The van der Waals surface area contributed by atoms with Gasteiger partial charge in [0.2, 0.25) is 10.0 Å². The first kappa shape index (κ1) is 23.9. The molecule has 0 radical (unpaired) electrons. The molecule has 8 heteroatoms. The van der Waals surface area contributed by atoms with E-state index >= 15 is 0 Å². The predicted octanol–water partition coefficient (Wildman–Crippen LogP) is 4.55. The number of rotatable bonds is 11. The zero-order valence-electron chi connectivity index (χ0n) is 18.1. The van der Waals surface area contributed by atoms with Gasteiger partial charge in [0.15, 0.2) is 0 Å². The summed E-state index contributed by atoms with van der Waals surface area (Å²) < 4.78 is 34.0. The molecule has 1 fully saturated rings. The molecule has 1 saturated heterocycles. The van der Waals surface area contributed by atoms with E-state index in [1.54, 1.807) is 0 Å². The number of ether oxygens (including phenoxy) is 1. The first-order valence-corrected chi connectivity index (χ1v) is 13.3. The van der Waals surface area contributed by atoms with Crippen LogP contribution in [0.25, 0.3) is 0 Å². The highest BCUT2D eigenvalue weighted by molar-refractivity contribution is 9.10. The number of anilines is 2. The van der Waals surface area contributed by atoms with E-state index in [0.717, 1.165) is 34.6 Å². The van der Waals surface area contributed by atoms with Crippen LogP contribution in [0.5, 0.6) is 5.75 Å². The number of sulfonamides is 1. The van der Waals surface area contributed by atoms with E-state index in [2.05, 4.69) is 43.9 Å². The van der Waals surface area contributed by atoms with Gasteiger partial charge in [-0.25, -0.2) is 13.1 Å². The minimum Gasteiger partial charge on any atom is -0.493 e. The highest BCUT2D eigenvalue weighted by Crippen LogP contribution is 2.30. The zero-order chi connectivity index (χ0) is 22.1. The van der Waals surface area contributed by atoms with Gasteiger partial charge in [-0.2, -0.15) is 0 Å². The molecule has 31 heavy (non-hydrogen) atoms. The molecule has 2 aromatic carbocycles. The molecule has 1 aliphatic rings. The molecule has 0 aromatic heterocycles. The largest absolute Gasteiger partial charge is 0.493 e. The Bertz CT molecular complexity index is 930. The average Bonchev–Trinajstić information content (AvgIpc) is 2.76. The highest BCUT2D eigenvalue weighted by Gasteiger charge is 2.15. The zero-order valence-corrected chi connectivity index (χ0v) is 20.5. The van der Waals surface area contributed by atoms with Crippen LogP contribution in [0.4, 0.5) is 11.4 Å². The van der Waals surface area contributed by atoms with Gasteiger partial charge in [0.05, 0.1) is 12.4 Å². The van der Waals surface area contributed by atoms with Crippen LogP contribution in [0, 0.1) is 6.92 Å². The second kappa shape index (κ2) is 11.7. The summed E-state index contributed by atoms with van der Waals surface area (Å²) in [6.07, 6.45) is 4.40. The Balaban J connectivity index is 1.37. The Hall–Kier alpha value is -1.77. The first-order chi connectivity index (χ1) is 14.9. The number of halogens is 1. The second-order valence-corrected chi connectivity index (χ2v) is 10.6. The van der Waals surface area contributed by atoms with Crippen molar-refractivity contribution in [3.8, 4) is 5.75 Å². The lowest BCUT2D eigenvalue weighted by Crippen LogP contribution is -2.31. The topological polar surface area (TPSA) is 70.7 Å². The van der Waals surface area contributed by atoms with Crippen molar-refractivity contribution in [2.45, 2.75) is 32.6 Å². The molecular weight excluding hydrogens is 478 g/mol. The smallest absolute Gasteiger partial charge is 0.213 e. The van der Waals surface area contributed by atoms with Gasteiger partial charge in [-0.15, -0.1) is 0 Å². The van der Waals surface area contributed by atoms with Crippen molar-refractivity contribution < 1.29 is 13.2 Å². The van der Waals surface area contributed by atoms with Crippen molar-refractivity contribution in [2.75, 3.05) is 48.8 Å². The fraction of sp³-hybridized carbons (Fsp3) is 0.478. The number of hydrogen-bond acceptors (Lipinski definition) is 5. The molecular formula is C23H32BrN3O3S. The molecule has 6 nitrogen and oxygen atoms in total. The molecule has 170 valence electrons. The van der Waals surface area contributed by atoms with Crippen LogP contribution in [0.1, 0.15) is 31.2 Å². The predicted molar refractivity (Wildman–Crippen MR) is 132 cm³/mol. The Morgan fingerprint density at radius 3 is 2.52 bits per heavy atom. The van der Waals surface area contributed by atoms with Gasteiger partial charge in [0, 0.05) is 47.6 Å². The molecule has 0 bridgehead atoms. The monoisotopic (exact) mass is 509 g/mol. The molecule has 3 rings (SSSR count). The van der Waals surface area contributed by atoms with Gasteiger partial charge in [-0.05, 0) is 69.0 Å². The van der Waals surface area contributed by atoms with Crippen LogP contribution >= 0.6 is 15.9 Å². The summed E-state index contributed by atoms with van der Waals surface area (Å²) in [6, 6.07) is 13.8. The van der Waals surface area contributed by atoms with Crippen molar-refractivity contribution in [2.24, 2.45) is 0 Å². The lowest BCUT2D eigenvalue weighted by atomic mass is 10.1. The van der Waals surface area contributed by atoms with E-state index in [1.807, 2.05) is 36.4 Å². The molecule has 0 atom stereocenters. The Labute approximate surface area is 194 Å².